The van der Waals surface area contributed by atoms with Crippen molar-refractivity contribution >= 4 is 11.9 Å². The Hall–Kier alpha value is -1.84. The predicted molar refractivity (Wildman–Crippen MR) is 81.0 cm³/mol. The van der Waals surface area contributed by atoms with Crippen LogP contribution in [-0.4, -0.2) is 28.4 Å². The van der Waals surface area contributed by atoms with Gasteiger partial charge in [0.15, 0.2) is 0 Å². The summed E-state index contributed by atoms with van der Waals surface area (Å²) >= 11 is 0. The van der Waals surface area contributed by atoms with E-state index in [9.17, 15) is 9.59 Å². The number of aliphatic carboxylic acids is 1. The first-order valence-corrected chi connectivity index (χ1v) is 7.66. The highest BCUT2D eigenvalue weighted by molar-refractivity contribution is 5.77. The lowest BCUT2D eigenvalue weighted by atomic mass is 9.99. The fraction of sp³-hybridized carbons (Fsp3) is 0.529. The Balaban J connectivity index is 1.94. The second-order valence-corrected chi connectivity index (χ2v) is 5.70. The highest BCUT2D eigenvalue weighted by Crippen LogP contribution is 2.34. The molecule has 0 radical (unpaired) electrons. The van der Waals surface area contributed by atoms with Crippen LogP contribution in [0.4, 0.5) is 0 Å². The van der Waals surface area contributed by atoms with Gasteiger partial charge in [0.25, 0.3) is 0 Å². The first-order valence-electron chi connectivity index (χ1n) is 7.66. The standard InChI is InChI=1S/C17H23NO3/c1-13-7-2-3-8-14(13)15-9-6-12-18(15)16(19)10-4-5-11-17(20)21/h2-3,7-8,15H,4-6,9-12H2,1H3,(H,20,21). The summed E-state index contributed by atoms with van der Waals surface area (Å²) < 4.78 is 0. The van der Waals surface area contributed by atoms with E-state index in [2.05, 4.69) is 19.1 Å². The summed E-state index contributed by atoms with van der Waals surface area (Å²) in [5.74, 6) is -0.632. The van der Waals surface area contributed by atoms with Crippen molar-refractivity contribution in [3.8, 4) is 0 Å². The summed E-state index contributed by atoms with van der Waals surface area (Å²) in [5.41, 5.74) is 2.47. The molecule has 0 saturated carbocycles. The summed E-state index contributed by atoms with van der Waals surface area (Å²) in [6, 6.07) is 8.43. The Morgan fingerprint density at radius 2 is 1.95 bits per heavy atom. The molecule has 1 aromatic rings. The van der Waals surface area contributed by atoms with Crippen molar-refractivity contribution in [3.63, 3.8) is 0 Å². The maximum absolute atomic E-state index is 12.4. The predicted octanol–water partition coefficient (Wildman–Crippen LogP) is 3.30. The van der Waals surface area contributed by atoms with Crippen LogP contribution in [0.5, 0.6) is 0 Å². The summed E-state index contributed by atoms with van der Waals surface area (Å²) in [5, 5.41) is 8.62. The third-order valence-corrected chi connectivity index (χ3v) is 4.15. The van der Waals surface area contributed by atoms with E-state index in [-0.39, 0.29) is 18.4 Å². The Morgan fingerprint density at radius 1 is 1.24 bits per heavy atom. The zero-order valence-corrected chi connectivity index (χ0v) is 12.5. The van der Waals surface area contributed by atoms with Gasteiger partial charge >= 0.3 is 5.97 Å². The molecular formula is C17H23NO3. The van der Waals surface area contributed by atoms with Gasteiger partial charge in [-0.25, -0.2) is 0 Å². The van der Waals surface area contributed by atoms with Gasteiger partial charge in [-0.3, -0.25) is 9.59 Å². The number of hydrogen-bond donors (Lipinski definition) is 1. The number of likely N-dealkylation sites (tertiary alicyclic amines) is 1. The molecule has 114 valence electrons. The molecule has 1 aromatic carbocycles. The molecule has 0 spiro atoms. The number of rotatable bonds is 6. The zero-order valence-electron chi connectivity index (χ0n) is 12.5. The van der Waals surface area contributed by atoms with E-state index >= 15 is 0 Å². The molecular weight excluding hydrogens is 266 g/mol. The Bertz CT molecular complexity index is 513. The monoisotopic (exact) mass is 289 g/mol. The van der Waals surface area contributed by atoms with Crippen LogP contribution in [0.15, 0.2) is 24.3 Å². The average Bonchev–Trinajstić information content (AvgIpc) is 2.93. The maximum atomic E-state index is 12.4. The minimum atomic E-state index is -0.790. The quantitative estimate of drug-likeness (QED) is 0.817. The summed E-state index contributed by atoms with van der Waals surface area (Å²) in [7, 11) is 0. The Morgan fingerprint density at radius 3 is 2.67 bits per heavy atom. The van der Waals surface area contributed by atoms with Crippen LogP contribution < -0.4 is 0 Å². The number of carboxylic acid groups (broad SMARTS) is 1. The van der Waals surface area contributed by atoms with Crippen molar-refractivity contribution in [2.45, 2.75) is 51.5 Å². The maximum Gasteiger partial charge on any atom is 0.303 e. The number of unbranched alkanes of at least 4 members (excludes halogenated alkanes) is 1. The third-order valence-electron chi connectivity index (χ3n) is 4.15. The second-order valence-electron chi connectivity index (χ2n) is 5.70. The Labute approximate surface area is 125 Å². The molecule has 1 heterocycles. The molecule has 21 heavy (non-hydrogen) atoms. The van der Waals surface area contributed by atoms with Gasteiger partial charge in [0.2, 0.25) is 5.91 Å². The van der Waals surface area contributed by atoms with Gasteiger partial charge in [0, 0.05) is 19.4 Å². The van der Waals surface area contributed by atoms with Gasteiger partial charge in [-0.05, 0) is 43.7 Å². The van der Waals surface area contributed by atoms with Crippen molar-refractivity contribution in [1.82, 2.24) is 4.90 Å². The van der Waals surface area contributed by atoms with Gasteiger partial charge in [0.1, 0.15) is 0 Å². The van der Waals surface area contributed by atoms with Crippen LogP contribution in [0.2, 0.25) is 0 Å². The second kappa shape index (κ2) is 7.25. The number of hydrogen-bond acceptors (Lipinski definition) is 2. The molecule has 4 nitrogen and oxygen atoms in total. The molecule has 0 aromatic heterocycles. The average molecular weight is 289 g/mol. The van der Waals surface area contributed by atoms with E-state index in [4.69, 9.17) is 5.11 Å². The van der Waals surface area contributed by atoms with Crippen molar-refractivity contribution in [1.29, 1.82) is 0 Å². The molecule has 2 rings (SSSR count). The van der Waals surface area contributed by atoms with Crippen LogP contribution in [0, 0.1) is 6.92 Å². The normalized spacial score (nSPS) is 18.0. The van der Waals surface area contributed by atoms with Crippen LogP contribution >= 0.6 is 0 Å². The topological polar surface area (TPSA) is 57.6 Å². The van der Waals surface area contributed by atoms with E-state index in [0.717, 1.165) is 19.4 Å². The molecule has 1 fully saturated rings. The summed E-state index contributed by atoms with van der Waals surface area (Å²) in [6.07, 6.45) is 3.89. The van der Waals surface area contributed by atoms with E-state index in [1.807, 2.05) is 17.0 Å². The first-order chi connectivity index (χ1) is 10.1. The zero-order chi connectivity index (χ0) is 15.2. The van der Waals surface area contributed by atoms with Gasteiger partial charge < -0.3 is 10.0 Å². The molecule has 1 N–H and O–H groups in total. The van der Waals surface area contributed by atoms with E-state index in [1.165, 1.54) is 11.1 Å². The smallest absolute Gasteiger partial charge is 0.303 e. The molecule has 1 amide bonds. The largest absolute Gasteiger partial charge is 0.481 e. The van der Waals surface area contributed by atoms with E-state index < -0.39 is 5.97 Å². The molecule has 1 atom stereocenters. The molecule has 1 unspecified atom stereocenters. The number of nitrogens with zero attached hydrogens (tertiary/aromatic N) is 1. The van der Waals surface area contributed by atoms with Gasteiger partial charge in [0.05, 0.1) is 6.04 Å². The minimum Gasteiger partial charge on any atom is -0.481 e. The lowest BCUT2D eigenvalue weighted by Gasteiger charge is -2.26. The third kappa shape index (κ3) is 4.06. The van der Waals surface area contributed by atoms with Crippen molar-refractivity contribution in [2.75, 3.05) is 6.54 Å². The summed E-state index contributed by atoms with van der Waals surface area (Å²) in [6.45, 7) is 2.90. The minimum absolute atomic E-state index is 0.147. The Kier molecular flexibility index (Phi) is 5.37. The highest BCUT2D eigenvalue weighted by atomic mass is 16.4. The molecule has 0 bridgehead atoms. The van der Waals surface area contributed by atoms with Crippen LogP contribution in [0.25, 0.3) is 0 Å². The van der Waals surface area contributed by atoms with Crippen molar-refractivity contribution < 1.29 is 14.7 Å². The number of aryl methyl sites for hydroxylation is 1. The van der Waals surface area contributed by atoms with Crippen molar-refractivity contribution in [3.05, 3.63) is 35.4 Å². The first kappa shape index (κ1) is 15.5. The van der Waals surface area contributed by atoms with Gasteiger partial charge in [-0.2, -0.15) is 0 Å². The SMILES string of the molecule is Cc1ccccc1C1CCCN1C(=O)CCCCC(=O)O. The molecule has 1 aliphatic heterocycles. The van der Waals surface area contributed by atoms with Crippen molar-refractivity contribution in [2.24, 2.45) is 0 Å². The molecule has 0 aliphatic carbocycles. The fourth-order valence-electron chi connectivity index (χ4n) is 3.05. The number of amides is 1. The number of benzene rings is 1. The van der Waals surface area contributed by atoms with Crippen LogP contribution in [-0.2, 0) is 9.59 Å². The number of carbonyl (C=O) groups is 2. The fourth-order valence-corrected chi connectivity index (χ4v) is 3.05. The van der Waals surface area contributed by atoms with Crippen LogP contribution in [0.1, 0.15) is 55.7 Å². The number of carboxylic acids is 1. The van der Waals surface area contributed by atoms with E-state index in [0.29, 0.717) is 19.3 Å². The highest BCUT2D eigenvalue weighted by Gasteiger charge is 2.30. The van der Waals surface area contributed by atoms with E-state index in [1.54, 1.807) is 0 Å². The summed E-state index contributed by atoms with van der Waals surface area (Å²) in [4.78, 5) is 24.8. The lowest BCUT2D eigenvalue weighted by Crippen LogP contribution is -2.30. The molecule has 1 saturated heterocycles. The number of carbonyl (C=O) groups excluding carboxylic acids is 1. The molecule has 4 heteroatoms. The van der Waals surface area contributed by atoms with Gasteiger partial charge in [-0.1, -0.05) is 24.3 Å². The van der Waals surface area contributed by atoms with Gasteiger partial charge in [-0.15, -0.1) is 0 Å². The molecule has 1 aliphatic rings. The lowest BCUT2D eigenvalue weighted by molar-refractivity contribution is -0.137. The van der Waals surface area contributed by atoms with Crippen LogP contribution in [0.3, 0.4) is 0 Å².